The third kappa shape index (κ3) is 6.23. The molecular formula is C23H30ClN5O3. The summed E-state index contributed by atoms with van der Waals surface area (Å²) in [4.78, 5) is 22.3. The van der Waals surface area contributed by atoms with Gasteiger partial charge < -0.3 is 25.0 Å². The third-order valence-corrected chi connectivity index (χ3v) is 6.18. The summed E-state index contributed by atoms with van der Waals surface area (Å²) in [5.41, 5.74) is 2.07. The van der Waals surface area contributed by atoms with E-state index in [2.05, 4.69) is 37.6 Å². The molecule has 1 amide bonds. The monoisotopic (exact) mass is 459 g/mol. The van der Waals surface area contributed by atoms with Crippen molar-refractivity contribution in [1.82, 2.24) is 15.3 Å². The fourth-order valence-electron chi connectivity index (χ4n) is 4.18. The number of anilines is 3. The number of nitrogens with one attached hydrogen (secondary N) is 2. The molecule has 0 atom stereocenters. The predicted molar refractivity (Wildman–Crippen MR) is 125 cm³/mol. The Morgan fingerprint density at radius 3 is 2.59 bits per heavy atom. The molecule has 0 unspecified atom stereocenters. The minimum absolute atomic E-state index is 0.0354. The van der Waals surface area contributed by atoms with E-state index in [9.17, 15) is 4.79 Å². The van der Waals surface area contributed by atoms with Gasteiger partial charge in [-0.3, -0.25) is 4.79 Å². The molecule has 8 nitrogen and oxygen atoms in total. The Hall–Kier alpha value is -2.58. The van der Waals surface area contributed by atoms with Crippen LogP contribution in [0.3, 0.4) is 0 Å². The fraction of sp³-hybridized carbons (Fsp3) is 0.522. The van der Waals surface area contributed by atoms with Crippen molar-refractivity contribution >= 4 is 34.8 Å². The molecule has 2 heterocycles. The zero-order valence-corrected chi connectivity index (χ0v) is 19.1. The highest BCUT2D eigenvalue weighted by Crippen LogP contribution is 2.28. The van der Waals surface area contributed by atoms with Crippen molar-refractivity contribution in [1.29, 1.82) is 0 Å². The highest BCUT2D eigenvalue weighted by molar-refractivity contribution is 6.31. The molecule has 1 aromatic heterocycles. The molecule has 0 spiro atoms. The Morgan fingerprint density at radius 2 is 1.91 bits per heavy atom. The van der Waals surface area contributed by atoms with E-state index in [1.54, 1.807) is 13.1 Å². The van der Waals surface area contributed by atoms with Gasteiger partial charge in [-0.05, 0) is 55.9 Å². The van der Waals surface area contributed by atoms with Crippen LogP contribution in [0.1, 0.15) is 32.6 Å². The minimum atomic E-state index is 0.0354. The van der Waals surface area contributed by atoms with E-state index in [1.165, 1.54) is 5.69 Å². The number of halogens is 1. The summed E-state index contributed by atoms with van der Waals surface area (Å²) in [6.45, 7) is 5.45. The second-order valence-electron chi connectivity index (χ2n) is 8.35. The van der Waals surface area contributed by atoms with Gasteiger partial charge in [0.25, 0.3) is 0 Å². The molecule has 1 aliphatic heterocycles. The van der Waals surface area contributed by atoms with Crippen LogP contribution >= 0.6 is 11.6 Å². The number of nitrogens with zero attached hydrogens (tertiary/aromatic N) is 3. The Kier molecular flexibility index (Phi) is 7.65. The first-order valence-electron chi connectivity index (χ1n) is 11.2. The summed E-state index contributed by atoms with van der Waals surface area (Å²) < 4.78 is 11.4. The largest absolute Gasteiger partial charge is 0.476 e. The summed E-state index contributed by atoms with van der Waals surface area (Å²) in [5.74, 6) is 1.29. The number of hydrogen-bond acceptors (Lipinski definition) is 7. The van der Waals surface area contributed by atoms with Crippen molar-refractivity contribution in [2.75, 3.05) is 43.1 Å². The molecule has 172 valence electrons. The maximum Gasteiger partial charge on any atom is 0.237 e. The number of benzene rings is 1. The van der Waals surface area contributed by atoms with E-state index in [0.29, 0.717) is 29.4 Å². The highest BCUT2D eigenvalue weighted by atomic mass is 35.5. The van der Waals surface area contributed by atoms with Crippen LogP contribution in [-0.2, 0) is 9.53 Å². The summed E-state index contributed by atoms with van der Waals surface area (Å²) >= 11 is 6.26. The van der Waals surface area contributed by atoms with Crippen LogP contribution in [0.4, 0.5) is 17.3 Å². The molecule has 2 aromatic rings. The lowest BCUT2D eigenvalue weighted by atomic mass is 9.86. The van der Waals surface area contributed by atoms with Crippen molar-refractivity contribution in [2.45, 2.75) is 38.6 Å². The first-order chi connectivity index (χ1) is 15.6. The molecule has 1 saturated carbocycles. The van der Waals surface area contributed by atoms with Gasteiger partial charge in [-0.1, -0.05) is 11.6 Å². The maximum atomic E-state index is 11.2. The average Bonchev–Trinajstić information content (AvgIpc) is 2.81. The molecule has 32 heavy (non-hydrogen) atoms. The number of ether oxygens (including phenoxy) is 2. The van der Waals surface area contributed by atoms with Gasteiger partial charge in [0.15, 0.2) is 0 Å². The zero-order chi connectivity index (χ0) is 22.3. The van der Waals surface area contributed by atoms with Crippen molar-refractivity contribution in [3.63, 3.8) is 0 Å². The molecule has 2 N–H and O–H groups in total. The lowest BCUT2D eigenvalue weighted by Gasteiger charge is -2.29. The van der Waals surface area contributed by atoms with E-state index in [-0.39, 0.29) is 11.9 Å². The van der Waals surface area contributed by atoms with Crippen LogP contribution in [0.5, 0.6) is 5.88 Å². The summed E-state index contributed by atoms with van der Waals surface area (Å²) in [5, 5.41) is 6.61. The first-order valence-corrected chi connectivity index (χ1v) is 11.6. The topological polar surface area (TPSA) is 88.6 Å². The Morgan fingerprint density at radius 1 is 1.19 bits per heavy atom. The molecule has 4 rings (SSSR count). The van der Waals surface area contributed by atoms with Crippen LogP contribution in [0.25, 0.3) is 0 Å². The third-order valence-electron chi connectivity index (χ3n) is 5.92. The molecule has 1 aliphatic carbocycles. The number of hydrogen-bond donors (Lipinski definition) is 2. The van der Waals surface area contributed by atoms with Gasteiger partial charge in [-0.2, -0.15) is 4.98 Å². The van der Waals surface area contributed by atoms with Gasteiger partial charge in [0, 0.05) is 37.4 Å². The van der Waals surface area contributed by atoms with Crippen LogP contribution < -0.4 is 20.3 Å². The normalized spacial score (nSPS) is 21.1. The zero-order valence-electron chi connectivity index (χ0n) is 18.3. The quantitative estimate of drug-likeness (QED) is 0.651. The number of rotatable bonds is 7. The lowest BCUT2D eigenvalue weighted by Crippen LogP contribution is -2.37. The molecule has 0 radical (unpaired) electrons. The van der Waals surface area contributed by atoms with Crippen molar-refractivity contribution in [3.8, 4) is 5.88 Å². The summed E-state index contributed by atoms with van der Waals surface area (Å²) in [6, 6.07) is 8.46. The van der Waals surface area contributed by atoms with Gasteiger partial charge in [0.05, 0.1) is 26.0 Å². The van der Waals surface area contributed by atoms with Crippen LogP contribution in [0.15, 0.2) is 30.5 Å². The fourth-order valence-corrected chi connectivity index (χ4v) is 4.32. The van der Waals surface area contributed by atoms with Crippen molar-refractivity contribution in [2.24, 2.45) is 5.92 Å². The Balaban J connectivity index is 1.30. The Labute approximate surface area is 193 Å². The Bertz CT molecular complexity index is 897. The summed E-state index contributed by atoms with van der Waals surface area (Å²) in [7, 11) is 0. The number of morpholine rings is 1. The van der Waals surface area contributed by atoms with Gasteiger partial charge in [0.1, 0.15) is 5.02 Å². The molecule has 2 aliphatic rings. The smallest absolute Gasteiger partial charge is 0.237 e. The second kappa shape index (κ2) is 10.8. The van der Waals surface area contributed by atoms with Crippen molar-refractivity contribution < 1.29 is 14.3 Å². The number of carbonyl (C=O) groups is 1. The number of amides is 1. The molecule has 1 aromatic carbocycles. The van der Waals surface area contributed by atoms with Crippen molar-refractivity contribution in [3.05, 3.63) is 35.5 Å². The van der Waals surface area contributed by atoms with E-state index in [0.717, 1.165) is 57.7 Å². The molecule has 2 fully saturated rings. The van der Waals surface area contributed by atoms with E-state index < -0.39 is 0 Å². The van der Waals surface area contributed by atoms with E-state index in [4.69, 9.17) is 21.1 Å². The second-order valence-corrected chi connectivity index (χ2v) is 8.75. The summed E-state index contributed by atoms with van der Waals surface area (Å²) in [6.07, 6.45) is 5.52. The predicted octanol–water partition coefficient (Wildman–Crippen LogP) is 3.78. The highest BCUT2D eigenvalue weighted by Gasteiger charge is 2.22. The number of aromatic nitrogens is 2. The maximum absolute atomic E-state index is 11.2. The van der Waals surface area contributed by atoms with Crippen LogP contribution in [-0.4, -0.2) is 54.8 Å². The van der Waals surface area contributed by atoms with Gasteiger partial charge >= 0.3 is 0 Å². The van der Waals surface area contributed by atoms with Crippen LogP contribution in [0.2, 0.25) is 5.02 Å². The average molecular weight is 460 g/mol. The van der Waals surface area contributed by atoms with Crippen LogP contribution in [0, 0.1) is 5.92 Å². The van der Waals surface area contributed by atoms with Gasteiger partial charge in [0.2, 0.25) is 17.7 Å². The molecular weight excluding hydrogens is 430 g/mol. The van der Waals surface area contributed by atoms with Gasteiger partial charge in [-0.25, -0.2) is 4.98 Å². The van der Waals surface area contributed by atoms with E-state index in [1.807, 2.05) is 12.1 Å². The molecule has 0 bridgehead atoms. The standard InChI is InChI=1S/C23H30ClN5O3/c1-16(30)26-18-4-2-17(3-5-18)15-32-22-21(24)14-25-23(28-22)27-19-6-8-20(9-7-19)29-10-12-31-13-11-29/h6-9,14,17-18H,2-5,10-13,15H2,1H3,(H,26,30)(H,25,27,28)/t17-,18-. The molecule has 9 heteroatoms. The van der Waals surface area contributed by atoms with E-state index >= 15 is 0 Å². The lowest BCUT2D eigenvalue weighted by molar-refractivity contribution is -0.119. The minimum Gasteiger partial charge on any atom is -0.476 e. The van der Waals surface area contributed by atoms with Gasteiger partial charge in [-0.15, -0.1) is 0 Å². The first kappa shape index (κ1) is 22.6. The SMILES string of the molecule is CC(=O)N[C@H]1CC[C@H](COc2nc(Nc3ccc(N4CCOCC4)cc3)ncc2Cl)CC1. The number of carbonyl (C=O) groups excluding carboxylic acids is 1. The molecule has 1 saturated heterocycles.